The summed E-state index contributed by atoms with van der Waals surface area (Å²) in [4.78, 5) is 23.9. The number of hydrogen-bond acceptors (Lipinski definition) is 6. The number of Topliss-reactive ketones (excluding diaryl/α,β-unsaturated/α-hetero) is 2. The van der Waals surface area contributed by atoms with Gasteiger partial charge in [0.25, 0.3) is 0 Å². The summed E-state index contributed by atoms with van der Waals surface area (Å²) in [7, 11) is -1.63. The van der Waals surface area contributed by atoms with Gasteiger partial charge in [-0.25, -0.2) is 4.57 Å². The van der Waals surface area contributed by atoms with Crippen LogP contribution < -0.4 is 0 Å². The standard InChI is InChI=1S/C13H25O6P/c1-6-7-8-9-10-12(15)13(3,11(2)14)19-20(16,17-4)18-5/h6-10H2,1-5H3. The fourth-order valence-corrected chi connectivity index (χ4v) is 2.61. The minimum Gasteiger partial charge on any atom is -0.296 e. The molecule has 0 aliphatic heterocycles. The molecule has 0 amide bonds. The van der Waals surface area contributed by atoms with E-state index in [2.05, 4.69) is 16.0 Å². The second-order valence-corrected chi connectivity index (χ2v) is 6.53. The van der Waals surface area contributed by atoms with E-state index in [1.165, 1.54) is 13.8 Å². The zero-order chi connectivity index (χ0) is 15.8. The maximum absolute atomic E-state index is 12.2. The lowest BCUT2D eigenvalue weighted by atomic mass is 9.92. The molecule has 0 bridgehead atoms. The third-order valence-electron chi connectivity index (χ3n) is 3.20. The molecular weight excluding hydrogens is 283 g/mol. The van der Waals surface area contributed by atoms with Crippen molar-refractivity contribution in [2.24, 2.45) is 0 Å². The summed E-state index contributed by atoms with van der Waals surface area (Å²) in [5, 5.41) is 0. The molecule has 0 aromatic heterocycles. The quantitative estimate of drug-likeness (QED) is 0.331. The molecule has 0 aliphatic rings. The van der Waals surface area contributed by atoms with E-state index in [-0.39, 0.29) is 6.42 Å². The summed E-state index contributed by atoms with van der Waals surface area (Å²) in [6, 6.07) is 0. The van der Waals surface area contributed by atoms with Crippen LogP contribution >= 0.6 is 7.82 Å². The van der Waals surface area contributed by atoms with Crippen molar-refractivity contribution in [3.63, 3.8) is 0 Å². The topological polar surface area (TPSA) is 78.9 Å². The van der Waals surface area contributed by atoms with Crippen LogP contribution in [-0.2, 0) is 27.7 Å². The summed E-state index contributed by atoms with van der Waals surface area (Å²) in [5.74, 6) is -0.928. The number of phosphoric ester groups is 1. The number of carbonyl (C=O) groups excluding carboxylic acids is 2. The van der Waals surface area contributed by atoms with E-state index in [9.17, 15) is 14.2 Å². The van der Waals surface area contributed by atoms with Crippen molar-refractivity contribution < 1.29 is 27.7 Å². The molecular formula is C13H25O6P. The molecule has 1 atom stereocenters. The number of unbranched alkanes of at least 4 members (excludes halogenated alkanes) is 3. The predicted molar refractivity (Wildman–Crippen MR) is 75.6 cm³/mol. The smallest absolute Gasteiger partial charge is 0.296 e. The van der Waals surface area contributed by atoms with Crippen LogP contribution in [0.1, 0.15) is 52.9 Å². The van der Waals surface area contributed by atoms with Crippen LogP contribution in [0.5, 0.6) is 0 Å². The summed E-state index contributed by atoms with van der Waals surface area (Å²) >= 11 is 0. The molecule has 7 heteroatoms. The van der Waals surface area contributed by atoms with Gasteiger partial charge in [0.1, 0.15) is 0 Å². The van der Waals surface area contributed by atoms with Crippen molar-refractivity contribution in [2.45, 2.75) is 58.5 Å². The van der Waals surface area contributed by atoms with Crippen LogP contribution in [0.25, 0.3) is 0 Å². The van der Waals surface area contributed by atoms with Gasteiger partial charge in [-0.05, 0) is 20.3 Å². The first-order chi connectivity index (χ1) is 9.25. The molecule has 118 valence electrons. The Balaban J connectivity index is 4.88. The first kappa shape index (κ1) is 19.4. The third-order valence-corrected chi connectivity index (χ3v) is 4.69. The van der Waals surface area contributed by atoms with E-state index in [4.69, 9.17) is 4.52 Å². The molecule has 0 rings (SSSR count). The second-order valence-electron chi connectivity index (χ2n) is 4.73. The Hall–Kier alpha value is -0.550. The van der Waals surface area contributed by atoms with Gasteiger partial charge in [-0.3, -0.25) is 23.2 Å². The maximum Gasteiger partial charge on any atom is 0.475 e. The average Bonchev–Trinajstić information content (AvgIpc) is 2.42. The minimum absolute atomic E-state index is 0.198. The fourth-order valence-electron chi connectivity index (χ4n) is 1.64. The highest BCUT2D eigenvalue weighted by atomic mass is 31.2. The van der Waals surface area contributed by atoms with E-state index in [0.717, 1.165) is 33.5 Å². The molecule has 0 aliphatic carbocycles. The lowest BCUT2D eigenvalue weighted by Gasteiger charge is -2.28. The van der Waals surface area contributed by atoms with Gasteiger partial charge < -0.3 is 0 Å². The van der Waals surface area contributed by atoms with Crippen molar-refractivity contribution in [1.29, 1.82) is 0 Å². The van der Waals surface area contributed by atoms with Crippen LogP contribution in [0.3, 0.4) is 0 Å². The number of rotatable bonds is 11. The molecule has 0 heterocycles. The van der Waals surface area contributed by atoms with E-state index < -0.39 is 25.0 Å². The summed E-state index contributed by atoms with van der Waals surface area (Å²) in [5.41, 5.74) is -1.80. The van der Waals surface area contributed by atoms with Crippen molar-refractivity contribution in [3.05, 3.63) is 0 Å². The Morgan fingerprint density at radius 3 is 2.05 bits per heavy atom. The van der Waals surface area contributed by atoms with Gasteiger partial charge in [0.05, 0.1) is 0 Å². The molecule has 0 spiro atoms. The van der Waals surface area contributed by atoms with Gasteiger partial charge in [-0.2, -0.15) is 0 Å². The van der Waals surface area contributed by atoms with Crippen molar-refractivity contribution in [2.75, 3.05) is 14.2 Å². The number of carbonyl (C=O) groups is 2. The lowest BCUT2D eigenvalue weighted by Crippen LogP contribution is -2.44. The van der Waals surface area contributed by atoms with Gasteiger partial charge in [0.2, 0.25) is 0 Å². The van der Waals surface area contributed by atoms with Crippen LogP contribution in [0.15, 0.2) is 0 Å². The number of hydrogen-bond donors (Lipinski definition) is 0. The highest BCUT2D eigenvalue weighted by Crippen LogP contribution is 2.51. The fraction of sp³-hybridized carbons (Fsp3) is 0.846. The third kappa shape index (κ3) is 5.44. The first-order valence-corrected chi connectivity index (χ1v) is 8.18. The summed E-state index contributed by atoms with van der Waals surface area (Å²) < 4.78 is 26.4. The Morgan fingerprint density at radius 1 is 1.10 bits per heavy atom. The maximum atomic E-state index is 12.2. The second kappa shape index (κ2) is 8.67. The molecule has 0 saturated carbocycles. The Morgan fingerprint density at radius 2 is 1.65 bits per heavy atom. The van der Waals surface area contributed by atoms with Crippen molar-refractivity contribution in [1.82, 2.24) is 0 Å². The first-order valence-electron chi connectivity index (χ1n) is 6.72. The number of ketones is 2. The Labute approximate surface area is 120 Å². The van der Waals surface area contributed by atoms with Crippen LogP contribution in [0.2, 0.25) is 0 Å². The normalized spacial score (nSPS) is 14.8. The van der Waals surface area contributed by atoms with E-state index in [1.807, 2.05) is 0 Å². The molecule has 1 unspecified atom stereocenters. The van der Waals surface area contributed by atoms with E-state index >= 15 is 0 Å². The molecule has 0 aromatic rings. The molecule has 6 nitrogen and oxygen atoms in total. The highest BCUT2D eigenvalue weighted by molar-refractivity contribution is 7.48. The Bertz CT molecular complexity index is 373. The Kier molecular flexibility index (Phi) is 8.44. The minimum atomic E-state index is -3.90. The van der Waals surface area contributed by atoms with E-state index in [1.54, 1.807) is 0 Å². The predicted octanol–water partition coefficient (Wildman–Crippen LogP) is 3.29. The summed E-state index contributed by atoms with van der Waals surface area (Å²) in [6.45, 7) is 4.60. The largest absolute Gasteiger partial charge is 0.475 e. The zero-order valence-electron chi connectivity index (χ0n) is 12.9. The van der Waals surface area contributed by atoms with Crippen LogP contribution in [0.4, 0.5) is 0 Å². The van der Waals surface area contributed by atoms with E-state index in [0.29, 0.717) is 6.42 Å². The number of phosphoric acid groups is 1. The lowest BCUT2D eigenvalue weighted by molar-refractivity contribution is -0.146. The molecule has 20 heavy (non-hydrogen) atoms. The zero-order valence-corrected chi connectivity index (χ0v) is 13.8. The van der Waals surface area contributed by atoms with Gasteiger partial charge in [0, 0.05) is 20.6 Å². The monoisotopic (exact) mass is 308 g/mol. The molecule has 0 N–H and O–H groups in total. The molecule has 0 aromatic carbocycles. The van der Waals surface area contributed by atoms with Crippen molar-refractivity contribution in [3.8, 4) is 0 Å². The van der Waals surface area contributed by atoms with Crippen LogP contribution in [0, 0.1) is 0 Å². The highest BCUT2D eigenvalue weighted by Gasteiger charge is 2.45. The van der Waals surface area contributed by atoms with Gasteiger partial charge >= 0.3 is 7.82 Å². The van der Waals surface area contributed by atoms with Gasteiger partial charge in [0.15, 0.2) is 17.2 Å². The SMILES string of the molecule is CCCCCCC(=O)C(C)(OP(=O)(OC)OC)C(C)=O. The van der Waals surface area contributed by atoms with Gasteiger partial charge in [-0.15, -0.1) is 0 Å². The molecule has 0 saturated heterocycles. The van der Waals surface area contributed by atoms with Gasteiger partial charge in [-0.1, -0.05) is 26.2 Å². The van der Waals surface area contributed by atoms with Crippen LogP contribution in [-0.4, -0.2) is 31.4 Å². The average molecular weight is 308 g/mol. The summed E-state index contributed by atoms with van der Waals surface area (Å²) in [6.07, 6.45) is 3.85. The molecule has 0 radical (unpaired) electrons. The molecule has 0 fully saturated rings. The van der Waals surface area contributed by atoms with Crippen molar-refractivity contribution >= 4 is 19.4 Å².